The molecular weight excluding hydrogens is 290 g/mol. The van der Waals surface area contributed by atoms with Crippen LogP contribution in [0, 0.1) is 6.92 Å². The Morgan fingerprint density at radius 1 is 1.13 bits per heavy atom. The molecule has 0 fully saturated rings. The van der Waals surface area contributed by atoms with E-state index < -0.39 is 0 Å². The second-order valence-corrected chi connectivity index (χ2v) is 5.44. The SMILES string of the molecule is Cc1cccc(/C=C/C(=O)NCc2ccc3c(c2)OCCO3)c1. The maximum atomic E-state index is 11.9. The first kappa shape index (κ1) is 15.2. The van der Waals surface area contributed by atoms with Crippen molar-refractivity contribution in [1.82, 2.24) is 5.32 Å². The van der Waals surface area contributed by atoms with Crippen LogP contribution in [0.4, 0.5) is 0 Å². The van der Waals surface area contributed by atoms with E-state index in [1.54, 1.807) is 6.08 Å². The van der Waals surface area contributed by atoms with Crippen molar-refractivity contribution < 1.29 is 14.3 Å². The minimum atomic E-state index is -0.124. The topological polar surface area (TPSA) is 47.6 Å². The average molecular weight is 309 g/mol. The maximum absolute atomic E-state index is 11.9. The van der Waals surface area contributed by atoms with Crippen molar-refractivity contribution in [2.45, 2.75) is 13.5 Å². The van der Waals surface area contributed by atoms with E-state index in [2.05, 4.69) is 5.32 Å². The summed E-state index contributed by atoms with van der Waals surface area (Å²) < 4.78 is 11.0. The molecule has 1 N–H and O–H groups in total. The molecule has 1 aliphatic rings. The van der Waals surface area contributed by atoms with Crippen LogP contribution in [0.3, 0.4) is 0 Å². The second-order valence-electron chi connectivity index (χ2n) is 5.44. The summed E-state index contributed by atoms with van der Waals surface area (Å²) in [6.07, 6.45) is 3.36. The number of fused-ring (bicyclic) bond motifs is 1. The molecule has 4 heteroatoms. The van der Waals surface area contributed by atoms with Gasteiger partial charge in [-0.2, -0.15) is 0 Å². The Hall–Kier alpha value is -2.75. The van der Waals surface area contributed by atoms with E-state index in [1.165, 1.54) is 5.56 Å². The number of hydrogen-bond donors (Lipinski definition) is 1. The fraction of sp³-hybridized carbons (Fsp3) is 0.211. The fourth-order valence-electron chi connectivity index (χ4n) is 2.39. The molecule has 0 radical (unpaired) electrons. The number of hydrogen-bond acceptors (Lipinski definition) is 3. The van der Waals surface area contributed by atoms with Gasteiger partial charge in [0.2, 0.25) is 5.91 Å². The fourth-order valence-corrected chi connectivity index (χ4v) is 2.39. The van der Waals surface area contributed by atoms with E-state index in [-0.39, 0.29) is 5.91 Å². The van der Waals surface area contributed by atoms with Gasteiger partial charge < -0.3 is 14.8 Å². The number of nitrogens with one attached hydrogen (secondary N) is 1. The van der Waals surface area contributed by atoms with Gasteiger partial charge in [0.1, 0.15) is 13.2 Å². The summed E-state index contributed by atoms with van der Waals surface area (Å²) in [6.45, 7) is 3.61. The standard InChI is InChI=1S/C19H19NO3/c1-14-3-2-4-15(11-14)6-8-19(21)20-13-16-5-7-17-18(12-16)23-10-9-22-17/h2-8,11-12H,9-10,13H2,1H3,(H,20,21)/b8-6+. The quantitative estimate of drug-likeness (QED) is 0.883. The van der Waals surface area contributed by atoms with E-state index in [1.807, 2.05) is 55.5 Å². The molecule has 2 aromatic rings. The van der Waals surface area contributed by atoms with Crippen LogP contribution in [0.25, 0.3) is 6.08 Å². The largest absolute Gasteiger partial charge is 0.486 e. The summed E-state index contributed by atoms with van der Waals surface area (Å²) in [4.78, 5) is 11.9. The molecule has 4 nitrogen and oxygen atoms in total. The number of benzene rings is 2. The second kappa shape index (κ2) is 7.01. The lowest BCUT2D eigenvalue weighted by Crippen LogP contribution is -2.20. The van der Waals surface area contributed by atoms with Crippen molar-refractivity contribution in [3.8, 4) is 11.5 Å². The highest BCUT2D eigenvalue weighted by Crippen LogP contribution is 2.30. The third-order valence-corrected chi connectivity index (χ3v) is 3.54. The zero-order valence-corrected chi connectivity index (χ0v) is 13.0. The van der Waals surface area contributed by atoms with Crippen molar-refractivity contribution in [2.24, 2.45) is 0 Å². The first-order chi connectivity index (χ1) is 11.2. The Kier molecular flexibility index (Phi) is 4.62. The van der Waals surface area contributed by atoms with E-state index in [9.17, 15) is 4.79 Å². The van der Waals surface area contributed by atoms with Crippen LogP contribution in [0.5, 0.6) is 11.5 Å². The van der Waals surface area contributed by atoms with Crippen molar-refractivity contribution >= 4 is 12.0 Å². The molecule has 118 valence electrons. The number of rotatable bonds is 4. The number of amides is 1. The van der Waals surface area contributed by atoms with E-state index >= 15 is 0 Å². The highest BCUT2D eigenvalue weighted by atomic mass is 16.6. The number of carbonyl (C=O) groups excluding carboxylic acids is 1. The summed E-state index contributed by atoms with van der Waals surface area (Å²) in [5.74, 6) is 1.37. The summed E-state index contributed by atoms with van der Waals surface area (Å²) in [6, 6.07) is 13.7. The molecule has 0 aromatic heterocycles. The molecule has 3 rings (SSSR count). The smallest absolute Gasteiger partial charge is 0.244 e. The third kappa shape index (κ3) is 4.13. The molecule has 0 unspecified atom stereocenters. The predicted octanol–water partition coefficient (Wildman–Crippen LogP) is 3.10. The zero-order valence-electron chi connectivity index (χ0n) is 13.0. The summed E-state index contributed by atoms with van der Waals surface area (Å²) in [5, 5.41) is 2.87. The van der Waals surface area contributed by atoms with Gasteiger partial charge >= 0.3 is 0 Å². The molecule has 1 amide bonds. The van der Waals surface area contributed by atoms with Crippen LogP contribution in [-0.2, 0) is 11.3 Å². The van der Waals surface area contributed by atoms with Gasteiger partial charge in [0.25, 0.3) is 0 Å². The highest BCUT2D eigenvalue weighted by molar-refractivity contribution is 5.91. The van der Waals surface area contributed by atoms with Crippen LogP contribution < -0.4 is 14.8 Å². The average Bonchev–Trinajstić information content (AvgIpc) is 2.58. The minimum absolute atomic E-state index is 0.124. The van der Waals surface area contributed by atoms with Gasteiger partial charge in [0.05, 0.1) is 0 Å². The van der Waals surface area contributed by atoms with Gasteiger partial charge in [0.15, 0.2) is 11.5 Å². The Morgan fingerprint density at radius 3 is 2.78 bits per heavy atom. The lowest BCUT2D eigenvalue weighted by Gasteiger charge is -2.18. The highest BCUT2D eigenvalue weighted by Gasteiger charge is 2.11. The molecule has 2 aromatic carbocycles. The Morgan fingerprint density at radius 2 is 1.96 bits per heavy atom. The lowest BCUT2D eigenvalue weighted by atomic mass is 10.1. The predicted molar refractivity (Wildman–Crippen MR) is 89.5 cm³/mol. The summed E-state index contributed by atoms with van der Waals surface area (Å²) >= 11 is 0. The molecule has 1 aliphatic heterocycles. The van der Waals surface area contributed by atoms with Crippen LogP contribution in [0.1, 0.15) is 16.7 Å². The molecule has 0 spiro atoms. The van der Waals surface area contributed by atoms with Crippen molar-refractivity contribution in [1.29, 1.82) is 0 Å². The van der Waals surface area contributed by atoms with Crippen LogP contribution in [-0.4, -0.2) is 19.1 Å². The van der Waals surface area contributed by atoms with E-state index in [0.717, 1.165) is 22.6 Å². The van der Waals surface area contributed by atoms with Gasteiger partial charge in [0, 0.05) is 12.6 Å². The van der Waals surface area contributed by atoms with Crippen molar-refractivity contribution in [2.75, 3.05) is 13.2 Å². The molecule has 0 bridgehead atoms. The molecule has 23 heavy (non-hydrogen) atoms. The molecule has 0 saturated carbocycles. The normalized spacial score (nSPS) is 13.1. The first-order valence-electron chi connectivity index (χ1n) is 7.62. The molecule has 0 aliphatic carbocycles. The number of carbonyl (C=O) groups is 1. The van der Waals surface area contributed by atoms with Gasteiger partial charge in [-0.15, -0.1) is 0 Å². The van der Waals surface area contributed by atoms with Gasteiger partial charge in [-0.05, 0) is 36.3 Å². The summed E-state index contributed by atoms with van der Waals surface area (Å²) in [5.41, 5.74) is 3.16. The third-order valence-electron chi connectivity index (χ3n) is 3.54. The van der Waals surface area contributed by atoms with E-state index in [4.69, 9.17) is 9.47 Å². The number of aryl methyl sites for hydroxylation is 1. The Bertz CT molecular complexity index is 737. The minimum Gasteiger partial charge on any atom is -0.486 e. The lowest BCUT2D eigenvalue weighted by molar-refractivity contribution is -0.116. The van der Waals surface area contributed by atoms with E-state index in [0.29, 0.717) is 19.8 Å². The van der Waals surface area contributed by atoms with Crippen molar-refractivity contribution in [3.63, 3.8) is 0 Å². The number of ether oxygens (including phenoxy) is 2. The monoisotopic (exact) mass is 309 g/mol. The van der Waals surface area contributed by atoms with Crippen LogP contribution >= 0.6 is 0 Å². The van der Waals surface area contributed by atoms with Crippen LogP contribution in [0.2, 0.25) is 0 Å². The van der Waals surface area contributed by atoms with Gasteiger partial charge in [-0.1, -0.05) is 35.9 Å². The Balaban J connectivity index is 1.56. The molecular formula is C19H19NO3. The molecule has 0 saturated heterocycles. The van der Waals surface area contributed by atoms with Gasteiger partial charge in [-0.25, -0.2) is 0 Å². The maximum Gasteiger partial charge on any atom is 0.244 e. The molecule has 1 heterocycles. The van der Waals surface area contributed by atoms with Crippen molar-refractivity contribution in [3.05, 3.63) is 65.2 Å². The summed E-state index contributed by atoms with van der Waals surface area (Å²) in [7, 11) is 0. The zero-order chi connectivity index (χ0) is 16.1. The van der Waals surface area contributed by atoms with Crippen LogP contribution in [0.15, 0.2) is 48.5 Å². The van der Waals surface area contributed by atoms with Gasteiger partial charge in [-0.3, -0.25) is 4.79 Å². The Labute approximate surface area is 135 Å². The first-order valence-corrected chi connectivity index (χ1v) is 7.62. The molecule has 0 atom stereocenters.